The molecule has 0 radical (unpaired) electrons. The molecule has 1 aromatic heterocycles. The number of aromatic nitrogens is 2. The summed E-state index contributed by atoms with van der Waals surface area (Å²) >= 11 is 5.57. The zero-order chi connectivity index (χ0) is 9.68. The fourth-order valence-electron chi connectivity index (χ4n) is 0.663. The predicted molar refractivity (Wildman–Crippen MR) is 49.1 cm³/mol. The molecular formula is C8H6ClN3O. The molecule has 0 saturated carbocycles. The van der Waals surface area contributed by atoms with Gasteiger partial charge in [0.1, 0.15) is 17.3 Å². The number of carbonyl (C=O) groups is 1. The SMILES string of the molecule is CC#CC(=O)Nc1cc(Cl)ncn1. The third kappa shape index (κ3) is 3.09. The molecule has 1 heterocycles. The molecular weight excluding hydrogens is 190 g/mol. The summed E-state index contributed by atoms with van der Waals surface area (Å²) < 4.78 is 0. The lowest BCUT2D eigenvalue weighted by atomic mass is 10.5. The highest BCUT2D eigenvalue weighted by Gasteiger charge is 1.99. The van der Waals surface area contributed by atoms with Gasteiger partial charge in [-0.25, -0.2) is 9.97 Å². The third-order valence-electron chi connectivity index (χ3n) is 1.11. The number of hydrogen-bond donors (Lipinski definition) is 1. The Morgan fingerprint density at radius 3 is 3.00 bits per heavy atom. The van der Waals surface area contributed by atoms with Crippen molar-refractivity contribution >= 4 is 23.3 Å². The molecule has 0 aliphatic heterocycles. The molecule has 0 spiro atoms. The van der Waals surface area contributed by atoms with Gasteiger partial charge in [0, 0.05) is 6.07 Å². The van der Waals surface area contributed by atoms with E-state index in [1.807, 2.05) is 0 Å². The molecule has 0 unspecified atom stereocenters. The van der Waals surface area contributed by atoms with E-state index in [4.69, 9.17) is 11.6 Å². The lowest BCUT2D eigenvalue weighted by molar-refractivity contribution is -0.111. The van der Waals surface area contributed by atoms with Gasteiger partial charge in [-0.1, -0.05) is 17.5 Å². The first-order valence-electron chi connectivity index (χ1n) is 3.43. The topological polar surface area (TPSA) is 54.9 Å². The number of amides is 1. The largest absolute Gasteiger partial charge is 0.301 e. The van der Waals surface area contributed by atoms with Crippen LogP contribution in [0.25, 0.3) is 0 Å². The van der Waals surface area contributed by atoms with Crippen LogP contribution in [-0.4, -0.2) is 15.9 Å². The summed E-state index contributed by atoms with van der Waals surface area (Å²) in [5, 5.41) is 2.71. The van der Waals surface area contributed by atoms with Crippen molar-refractivity contribution in [2.24, 2.45) is 0 Å². The van der Waals surface area contributed by atoms with Gasteiger partial charge in [0.15, 0.2) is 0 Å². The molecule has 1 N–H and O–H groups in total. The molecule has 5 heteroatoms. The highest BCUT2D eigenvalue weighted by atomic mass is 35.5. The van der Waals surface area contributed by atoms with Crippen molar-refractivity contribution in [3.05, 3.63) is 17.5 Å². The smallest absolute Gasteiger partial charge is 0.300 e. The lowest BCUT2D eigenvalue weighted by Gasteiger charge is -1.97. The molecule has 1 rings (SSSR count). The maximum absolute atomic E-state index is 10.9. The van der Waals surface area contributed by atoms with Crippen molar-refractivity contribution in [1.29, 1.82) is 0 Å². The van der Waals surface area contributed by atoms with E-state index in [1.165, 1.54) is 12.4 Å². The average molecular weight is 196 g/mol. The van der Waals surface area contributed by atoms with Crippen LogP contribution in [-0.2, 0) is 4.79 Å². The zero-order valence-electron chi connectivity index (χ0n) is 6.84. The van der Waals surface area contributed by atoms with E-state index in [9.17, 15) is 4.79 Å². The Kier molecular flexibility index (Phi) is 3.23. The van der Waals surface area contributed by atoms with Gasteiger partial charge in [-0.3, -0.25) is 10.1 Å². The van der Waals surface area contributed by atoms with Crippen LogP contribution < -0.4 is 5.32 Å². The van der Waals surface area contributed by atoms with Crippen molar-refractivity contribution in [2.75, 3.05) is 5.32 Å². The minimum atomic E-state index is -0.419. The van der Waals surface area contributed by atoms with E-state index >= 15 is 0 Å². The van der Waals surface area contributed by atoms with E-state index in [2.05, 4.69) is 27.1 Å². The quantitative estimate of drug-likeness (QED) is 0.539. The molecule has 0 atom stereocenters. The van der Waals surface area contributed by atoms with Gasteiger partial charge < -0.3 is 0 Å². The summed E-state index contributed by atoms with van der Waals surface area (Å²) in [4.78, 5) is 18.4. The van der Waals surface area contributed by atoms with Gasteiger partial charge in [-0.05, 0) is 12.8 Å². The summed E-state index contributed by atoms with van der Waals surface area (Å²) in [5.74, 6) is 4.70. The number of carbonyl (C=O) groups excluding carboxylic acids is 1. The highest BCUT2D eigenvalue weighted by molar-refractivity contribution is 6.29. The normalized spacial score (nSPS) is 8.46. The average Bonchev–Trinajstić information content (AvgIpc) is 2.04. The van der Waals surface area contributed by atoms with Gasteiger partial charge >= 0.3 is 5.91 Å². The second kappa shape index (κ2) is 4.43. The minimum absolute atomic E-state index is 0.273. The molecule has 1 amide bonds. The first kappa shape index (κ1) is 9.49. The molecule has 0 aromatic carbocycles. The number of nitrogens with one attached hydrogen (secondary N) is 1. The Bertz CT molecular complexity index is 380. The van der Waals surface area contributed by atoms with Crippen molar-refractivity contribution in [2.45, 2.75) is 6.92 Å². The van der Waals surface area contributed by atoms with Gasteiger partial charge in [0.25, 0.3) is 0 Å². The molecule has 0 aliphatic carbocycles. The molecule has 0 fully saturated rings. The zero-order valence-corrected chi connectivity index (χ0v) is 7.59. The lowest BCUT2D eigenvalue weighted by Crippen LogP contribution is -2.09. The summed E-state index contributed by atoms with van der Waals surface area (Å²) in [7, 11) is 0. The van der Waals surface area contributed by atoms with E-state index in [-0.39, 0.29) is 5.15 Å². The number of rotatable bonds is 1. The van der Waals surface area contributed by atoms with E-state index < -0.39 is 5.91 Å². The predicted octanol–water partition coefficient (Wildman–Crippen LogP) is 1.09. The summed E-state index contributed by atoms with van der Waals surface area (Å²) in [6.07, 6.45) is 1.26. The van der Waals surface area contributed by atoms with Gasteiger partial charge in [-0.2, -0.15) is 0 Å². The van der Waals surface area contributed by atoms with E-state index in [1.54, 1.807) is 6.92 Å². The van der Waals surface area contributed by atoms with Crippen LogP contribution in [0.2, 0.25) is 5.15 Å². The van der Waals surface area contributed by atoms with Gasteiger partial charge in [0.2, 0.25) is 0 Å². The molecule has 66 valence electrons. The maximum atomic E-state index is 10.9. The molecule has 0 bridgehead atoms. The second-order valence-corrected chi connectivity index (χ2v) is 2.44. The summed E-state index contributed by atoms with van der Waals surface area (Å²) in [5.41, 5.74) is 0. The first-order chi connectivity index (χ1) is 6.22. The van der Waals surface area contributed by atoms with Crippen LogP contribution >= 0.6 is 11.6 Å². The van der Waals surface area contributed by atoms with Crippen molar-refractivity contribution < 1.29 is 4.79 Å². The standard InChI is InChI=1S/C8H6ClN3O/c1-2-3-8(13)12-7-4-6(9)10-5-11-7/h4-5H,1H3,(H,10,11,12,13). The Balaban J connectivity index is 2.73. The van der Waals surface area contributed by atoms with Crippen molar-refractivity contribution in [3.8, 4) is 11.8 Å². The number of hydrogen-bond acceptors (Lipinski definition) is 3. The number of nitrogens with zero attached hydrogens (tertiary/aromatic N) is 2. The fraction of sp³-hybridized carbons (Fsp3) is 0.125. The summed E-state index contributed by atoms with van der Waals surface area (Å²) in [6, 6.07) is 1.44. The van der Waals surface area contributed by atoms with Gasteiger partial charge in [-0.15, -0.1) is 0 Å². The van der Waals surface area contributed by atoms with Crippen molar-refractivity contribution in [3.63, 3.8) is 0 Å². The van der Waals surface area contributed by atoms with Crippen LogP contribution in [0.15, 0.2) is 12.4 Å². The molecule has 4 nitrogen and oxygen atoms in total. The van der Waals surface area contributed by atoms with E-state index in [0.717, 1.165) is 0 Å². The Hall–Kier alpha value is -1.60. The van der Waals surface area contributed by atoms with Crippen LogP contribution in [0.4, 0.5) is 5.82 Å². The van der Waals surface area contributed by atoms with Crippen LogP contribution in [0.1, 0.15) is 6.92 Å². The molecule has 0 aliphatic rings. The summed E-state index contributed by atoms with van der Waals surface area (Å²) in [6.45, 7) is 1.58. The Labute approximate surface area is 80.3 Å². The second-order valence-electron chi connectivity index (χ2n) is 2.06. The van der Waals surface area contributed by atoms with Crippen LogP contribution in [0, 0.1) is 11.8 Å². The number of anilines is 1. The molecule has 1 aromatic rings. The monoisotopic (exact) mass is 195 g/mol. The van der Waals surface area contributed by atoms with Crippen LogP contribution in [0.3, 0.4) is 0 Å². The Morgan fingerprint density at radius 2 is 2.38 bits per heavy atom. The fourth-order valence-corrected chi connectivity index (χ4v) is 0.810. The van der Waals surface area contributed by atoms with E-state index in [0.29, 0.717) is 5.82 Å². The number of halogens is 1. The van der Waals surface area contributed by atoms with Gasteiger partial charge in [0.05, 0.1) is 0 Å². The first-order valence-corrected chi connectivity index (χ1v) is 3.81. The van der Waals surface area contributed by atoms with Crippen molar-refractivity contribution in [1.82, 2.24) is 9.97 Å². The Morgan fingerprint density at radius 1 is 1.62 bits per heavy atom. The maximum Gasteiger partial charge on any atom is 0.301 e. The minimum Gasteiger partial charge on any atom is -0.300 e. The molecule has 0 saturated heterocycles. The molecule has 13 heavy (non-hydrogen) atoms. The highest BCUT2D eigenvalue weighted by Crippen LogP contribution is 2.07. The van der Waals surface area contributed by atoms with Crippen LogP contribution in [0.5, 0.6) is 0 Å². The third-order valence-corrected chi connectivity index (χ3v) is 1.32.